The summed E-state index contributed by atoms with van der Waals surface area (Å²) in [4.78, 5) is 14.7. The van der Waals surface area contributed by atoms with Crippen LogP contribution in [0.25, 0.3) is 16.6 Å². The molecule has 0 atom stereocenters. The third-order valence-corrected chi connectivity index (χ3v) is 7.26. The molecule has 0 radical (unpaired) electrons. The van der Waals surface area contributed by atoms with Crippen molar-refractivity contribution in [1.82, 2.24) is 9.47 Å². The number of anilines is 1. The zero-order valence-electron chi connectivity index (χ0n) is 20.8. The SMILES string of the molecule is CC(C)C(=O)Nc1cccc(C2CCN(CCc3cn(-c4ccccc4)c4ccccc34)CC2)c1. The average molecular weight is 466 g/mol. The Balaban J connectivity index is 1.21. The molecule has 4 aromatic rings. The number of carbonyl (C=O) groups excluding carboxylic acids is 1. The Hall–Kier alpha value is -3.37. The lowest BCUT2D eigenvalue weighted by Crippen LogP contribution is -2.34. The number of aromatic nitrogens is 1. The standard InChI is InChI=1S/C31H35N3O/c1-23(2)31(35)32-27-10-8-9-25(21-27)24-15-18-33(19-16-24)20-17-26-22-34(28-11-4-3-5-12-28)30-14-7-6-13-29(26)30/h3-14,21-24H,15-20H2,1-2H3,(H,32,35). The summed E-state index contributed by atoms with van der Waals surface area (Å²) >= 11 is 0. The van der Waals surface area contributed by atoms with Gasteiger partial charge in [0.15, 0.2) is 0 Å². The summed E-state index contributed by atoms with van der Waals surface area (Å²) in [7, 11) is 0. The molecule has 0 aliphatic carbocycles. The van der Waals surface area contributed by atoms with Gasteiger partial charge in [-0.05, 0) is 79.7 Å². The fraction of sp³-hybridized carbons (Fsp3) is 0.323. The van der Waals surface area contributed by atoms with Crippen LogP contribution in [0.1, 0.15) is 43.7 Å². The van der Waals surface area contributed by atoms with Gasteiger partial charge in [-0.15, -0.1) is 0 Å². The molecule has 4 heteroatoms. The van der Waals surface area contributed by atoms with E-state index in [-0.39, 0.29) is 11.8 Å². The highest BCUT2D eigenvalue weighted by molar-refractivity contribution is 5.92. The molecule has 1 saturated heterocycles. The van der Waals surface area contributed by atoms with Crippen LogP contribution in [0.4, 0.5) is 5.69 Å². The number of amides is 1. The van der Waals surface area contributed by atoms with E-state index in [1.54, 1.807) is 0 Å². The van der Waals surface area contributed by atoms with Crippen molar-refractivity contribution in [2.75, 3.05) is 25.0 Å². The maximum Gasteiger partial charge on any atom is 0.226 e. The highest BCUT2D eigenvalue weighted by Gasteiger charge is 2.21. The minimum Gasteiger partial charge on any atom is -0.326 e. The number of nitrogens with one attached hydrogen (secondary N) is 1. The van der Waals surface area contributed by atoms with Crippen LogP contribution in [0.2, 0.25) is 0 Å². The van der Waals surface area contributed by atoms with E-state index < -0.39 is 0 Å². The zero-order chi connectivity index (χ0) is 24.2. The van der Waals surface area contributed by atoms with Gasteiger partial charge >= 0.3 is 0 Å². The number of para-hydroxylation sites is 2. The van der Waals surface area contributed by atoms with Crippen molar-refractivity contribution in [3.63, 3.8) is 0 Å². The summed E-state index contributed by atoms with van der Waals surface area (Å²) < 4.78 is 2.32. The minimum absolute atomic E-state index is 0.0105. The lowest BCUT2D eigenvalue weighted by atomic mass is 9.89. The number of nitrogens with zero attached hydrogens (tertiary/aromatic N) is 2. The molecule has 3 aromatic carbocycles. The number of hydrogen-bond donors (Lipinski definition) is 1. The van der Waals surface area contributed by atoms with E-state index in [0.29, 0.717) is 5.92 Å². The zero-order valence-corrected chi connectivity index (χ0v) is 20.8. The molecule has 1 aromatic heterocycles. The van der Waals surface area contributed by atoms with Crippen molar-refractivity contribution in [2.45, 2.75) is 39.0 Å². The Morgan fingerprint density at radius 2 is 1.69 bits per heavy atom. The van der Waals surface area contributed by atoms with E-state index in [4.69, 9.17) is 0 Å². The molecule has 1 aliphatic heterocycles. The van der Waals surface area contributed by atoms with Gasteiger partial charge in [0.25, 0.3) is 0 Å². The molecule has 35 heavy (non-hydrogen) atoms. The van der Waals surface area contributed by atoms with Crippen LogP contribution in [-0.2, 0) is 11.2 Å². The Labute approximate surface area is 208 Å². The van der Waals surface area contributed by atoms with Gasteiger partial charge in [0.2, 0.25) is 5.91 Å². The number of piperidine rings is 1. The Morgan fingerprint density at radius 3 is 2.46 bits per heavy atom. The van der Waals surface area contributed by atoms with E-state index in [9.17, 15) is 4.79 Å². The number of carbonyl (C=O) groups is 1. The highest BCUT2D eigenvalue weighted by Crippen LogP contribution is 2.30. The van der Waals surface area contributed by atoms with Gasteiger partial charge in [0.1, 0.15) is 0 Å². The van der Waals surface area contributed by atoms with Crippen LogP contribution in [-0.4, -0.2) is 35.0 Å². The van der Waals surface area contributed by atoms with E-state index in [1.807, 2.05) is 19.9 Å². The molecule has 5 rings (SSSR count). The van der Waals surface area contributed by atoms with Crippen molar-refractivity contribution >= 4 is 22.5 Å². The predicted octanol–water partition coefficient (Wildman–Crippen LogP) is 6.65. The number of likely N-dealkylation sites (tertiary alicyclic amines) is 1. The number of rotatable bonds is 7. The largest absolute Gasteiger partial charge is 0.326 e. The van der Waals surface area contributed by atoms with E-state index in [1.165, 1.54) is 27.7 Å². The first-order valence-electron chi connectivity index (χ1n) is 12.9. The monoisotopic (exact) mass is 465 g/mol. The highest BCUT2D eigenvalue weighted by atomic mass is 16.1. The fourth-order valence-corrected chi connectivity index (χ4v) is 5.18. The van der Waals surface area contributed by atoms with Crippen LogP contribution in [0, 0.1) is 5.92 Å². The van der Waals surface area contributed by atoms with Crippen molar-refractivity contribution < 1.29 is 4.79 Å². The first-order chi connectivity index (χ1) is 17.1. The molecule has 2 heterocycles. The number of benzene rings is 3. The van der Waals surface area contributed by atoms with Crippen molar-refractivity contribution in [3.05, 3.63) is 96.2 Å². The Kier molecular flexibility index (Phi) is 7.01. The lowest BCUT2D eigenvalue weighted by Gasteiger charge is -2.32. The van der Waals surface area contributed by atoms with Crippen LogP contribution in [0.15, 0.2) is 85.1 Å². The first-order valence-corrected chi connectivity index (χ1v) is 12.9. The Bertz CT molecular complexity index is 1280. The van der Waals surface area contributed by atoms with Crippen LogP contribution in [0.5, 0.6) is 0 Å². The van der Waals surface area contributed by atoms with Crippen LogP contribution < -0.4 is 5.32 Å². The molecule has 1 aliphatic rings. The third-order valence-electron chi connectivity index (χ3n) is 7.26. The molecule has 0 saturated carbocycles. The number of fused-ring (bicyclic) bond motifs is 1. The lowest BCUT2D eigenvalue weighted by molar-refractivity contribution is -0.118. The van der Waals surface area contributed by atoms with Gasteiger partial charge in [0, 0.05) is 35.4 Å². The minimum atomic E-state index is -0.0105. The van der Waals surface area contributed by atoms with Crippen LogP contribution in [0.3, 0.4) is 0 Å². The molecule has 0 spiro atoms. The van der Waals surface area contributed by atoms with Gasteiger partial charge in [-0.3, -0.25) is 4.79 Å². The van der Waals surface area contributed by atoms with Crippen molar-refractivity contribution in [3.8, 4) is 5.69 Å². The topological polar surface area (TPSA) is 37.3 Å². The van der Waals surface area contributed by atoms with Gasteiger partial charge < -0.3 is 14.8 Å². The van der Waals surface area contributed by atoms with Gasteiger partial charge in [-0.1, -0.05) is 62.4 Å². The summed E-state index contributed by atoms with van der Waals surface area (Å²) in [6.07, 6.45) is 5.70. The molecule has 1 fully saturated rings. The summed E-state index contributed by atoms with van der Waals surface area (Å²) in [6.45, 7) is 7.16. The summed E-state index contributed by atoms with van der Waals surface area (Å²) in [5.41, 5.74) is 6.16. The molecular weight excluding hydrogens is 430 g/mol. The third kappa shape index (κ3) is 5.33. The smallest absolute Gasteiger partial charge is 0.226 e. The molecule has 0 unspecified atom stereocenters. The molecule has 1 amide bonds. The van der Waals surface area contributed by atoms with Crippen LogP contribution >= 0.6 is 0 Å². The second kappa shape index (κ2) is 10.5. The maximum atomic E-state index is 12.1. The summed E-state index contributed by atoms with van der Waals surface area (Å²) in [5.74, 6) is 0.622. The van der Waals surface area contributed by atoms with E-state index in [2.05, 4.69) is 93.8 Å². The number of hydrogen-bond acceptors (Lipinski definition) is 2. The molecular formula is C31H35N3O. The van der Waals surface area contributed by atoms with E-state index >= 15 is 0 Å². The Morgan fingerprint density at radius 1 is 0.943 bits per heavy atom. The molecule has 4 nitrogen and oxygen atoms in total. The summed E-state index contributed by atoms with van der Waals surface area (Å²) in [5, 5.41) is 4.40. The molecule has 180 valence electrons. The second-order valence-electron chi connectivity index (χ2n) is 10.0. The first kappa shape index (κ1) is 23.4. The second-order valence-corrected chi connectivity index (χ2v) is 10.0. The van der Waals surface area contributed by atoms with Crippen molar-refractivity contribution in [1.29, 1.82) is 0 Å². The average Bonchev–Trinajstić information content (AvgIpc) is 3.27. The summed E-state index contributed by atoms with van der Waals surface area (Å²) in [6, 6.07) is 27.8. The van der Waals surface area contributed by atoms with Gasteiger partial charge in [0.05, 0.1) is 5.52 Å². The normalized spacial score (nSPS) is 15.1. The molecule has 1 N–H and O–H groups in total. The molecule has 0 bridgehead atoms. The van der Waals surface area contributed by atoms with Gasteiger partial charge in [-0.25, -0.2) is 0 Å². The van der Waals surface area contributed by atoms with E-state index in [0.717, 1.165) is 44.6 Å². The quantitative estimate of drug-likeness (QED) is 0.332. The van der Waals surface area contributed by atoms with Crippen molar-refractivity contribution in [2.24, 2.45) is 5.92 Å². The fourth-order valence-electron chi connectivity index (χ4n) is 5.18. The van der Waals surface area contributed by atoms with Gasteiger partial charge in [-0.2, -0.15) is 0 Å². The maximum absolute atomic E-state index is 12.1. The predicted molar refractivity (Wildman–Crippen MR) is 145 cm³/mol.